The van der Waals surface area contributed by atoms with Crippen LogP contribution in [0.15, 0.2) is 78.9 Å². The first-order valence-electron chi connectivity index (χ1n) is 10.5. The van der Waals surface area contributed by atoms with Crippen LogP contribution in [0.25, 0.3) is 0 Å². The maximum Gasteiger partial charge on any atom is 0.269 e. The fourth-order valence-electron chi connectivity index (χ4n) is 3.18. The molecular weight excluding hydrogens is 432 g/mol. The van der Waals surface area contributed by atoms with Gasteiger partial charge in [0, 0.05) is 46.5 Å². The van der Waals surface area contributed by atoms with Crippen molar-refractivity contribution in [2.24, 2.45) is 0 Å². The van der Waals surface area contributed by atoms with Crippen molar-refractivity contribution in [2.45, 2.75) is 13.8 Å². The van der Waals surface area contributed by atoms with E-state index in [1.807, 2.05) is 56.3 Å². The predicted molar refractivity (Wildman–Crippen MR) is 132 cm³/mol. The molecule has 1 aromatic heterocycles. The summed E-state index contributed by atoms with van der Waals surface area (Å²) in [4.78, 5) is 31.6. The van der Waals surface area contributed by atoms with Crippen LogP contribution in [-0.2, 0) is 0 Å². The molecule has 0 aliphatic carbocycles. The fourth-order valence-corrected chi connectivity index (χ4v) is 3.18. The Morgan fingerprint density at radius 1 is 0.794 bits per heavy atom. The van der Waals surface area contributed by atoms with Gasteiger partial charge in [-0.2, -0.15) is 4.98 Å². The zero-order valence-electron chi connectivity index (χ0n) is 18.6. The minimum atomic E-state index is -0.506. The predicted octanol–water partition coefficient (Wildman–Crippen LogP) is 5.74. The van der Waals surface area contributed by atoms with E-state index in [1.165, 1.54) is 29.8 Å². The zero-order valence-corrected chi connectivity index (χ0v) is 18.6. The number of nitrogens with one attached hydrogen (secondary N) is 3. The van der Waals surface area contributed by atoms with Crippen molar-refractivity contribution in [2.75, 3.05) is 16.0 Å². The highest BCUT2D eigenvalue weighted by Crippen LogP contribution is 2.21. The highest BCUT2D eigenvalue weighted by molar-refractivity contribution is 6.04. The third-order valence-corrected chi connectivity index (χ3v) is 4.92. The van der Waals surface area contributed by atoms with Gasteiger partial charge in [0.25, 0.3) is 11.6 Å². The Morgan fingerprint density at radius 2 is 1.38 bits per heavy atom. The largest absolute Gasteiger partial charge is 0.340 e. The number of anilines is 5. The van der Waals surface area contributed by atoms with E-state index < -0.39 is 4.92 Å². The lowest BCUT2D eigenvalue weighted by atomic mass is 10.2. The quantitative estimate of drug-likeness (QED) is 0.240. The highest BCUT2D eigenvalue weighted by atomic mass is 16.6. The number of carbonyl (C=O) groups excluding carboxylic acids is 1. The number of non-ortho nitro benzene ring substituents is 1. The van der Waals surface area contributed by atoms with Gasteiger partial charge in [-0.1, -0.05) is 17.7 Å². The first-order chi connectivity index (χ1) is 16.4. The Balaban J connectivity index is 1.41. The van der Waals surface area contributed by atoms with Crippen molar-refractivity contribution in [1.29, 1.82) is 0 Å². The maximum atomic E-state index is 12.4. The van der Waals surface area contributed by atoms with E-state index in [0.29, 0.717) is 23.0 Å². The Hall–Kier alpha value is -4.79. The molecule has 1 amide bonds. The number of amides is 1. The number of nitro groups is 1. The lowest BCUT2D eigenvalue weighted by Gasteiger charge is -2.11. The number of hydrogen-bond donors (Lipinski definition) is 3. The molecule has 3 N–H and O–H groups in total. The number of benzene rings is 3. The summed E-state index contributed by atoms with van der Waals surface area (Å²) in [5.41, 5.74) is 4.52. The van der Waals surface area contributed by atoms with Crippen LogP contribution < -0.4 is 16.0 Å². The summed E-state index contributed by atoms with van der Waals surface area (Å²) >= 11 is 0. The summed E-state index contributed by atoms with van der Waals surface area (Å²) in [6.07, 6.45) is 0. The molecule has 0 spiro atoms. The summed E-state index contributed by atoms with van der Waals surface area (Å²) < 4.78 is 0. The Bertz CT molecular complexity index is 1320. The molecule has 4 rings (SSSR count). The van der Waals surface area contributed by atoms with Crippen LogP contribution in [0.1, 0.15) is 21.6 Å². The molecule has 0 bridgehead atoms. The molecule has 1 heterocycles. The molecule has 3 aromatic carbocycles. The summed E-state index contributed by atoms with van der Waals surface area (Å²) in [6, 6.07) is 22.4. The van der Waals surface area contributed by atoms with E-state index in [0.717, 1.165) is 17.1 Å². The van der Waals surface area contributed by atoms with Crippen molar-refractivity contribution in [1.82, 2.24) is 9.97 Å². The standard InChI is InChI=1S/C25H22N6O3/c1-16-3-7-21(8-4-16)29-25-26-17(2)15-23(30-25)27-19-9-11-20(12-10-19)28-24(32)18-5-13-22(14-6-18)31(33)34/h3-15H,1-2H3,(H,28,32)(H2,26,27,29,30). The topological polar surface area (TPSA) is 122 Å². The third kappa shape index (κ3) is 5.71. The minimum Gasteiger partial charge on any atom is -0.340 e. The molecule has 170 valence electrons. The van der Waals surface area contributed by atoms with E-state index in [1.54, 1.807) is 12.1 Å². The number of nitro benzene ring substituents is 1. The molecule has 34 heavy (non-hydrogen) atoms. The molecular formula is C25H22N6O3. The lowest BCUT2D eigenvalue weighted by Crippen LogP contribution is -2.11. The van der Waals surface area contributed by atoms with E-state index in [-0.39, 0.29) is 11.6 Å². The van der Waals surface area contributed by atoms with Gasteiger partial charge in [-0.25, -0.2) is 4.98 Å². The number of rotatable bonds is 7. The number of hydrogen-bond acceptors (Lipinski definition) is 7. The first-order valence-corrected chi connectivity index (χ1v) is 10.5. The summed E-state index contributed by atoms with van der Waals surface area (Å²) in [6.45, 7) is 3.92. The lowest BCUT2D eigenvalue weighted by molar-refractivity contribution is -0.384. The third-order valence-electron chi connectivity index (χ3n) is 4.92. The molecule has 0 atom stereocenters. The van der Waals surface area contributed by atoms with Gasteiger partial charge in [0.1, 0.15) is 5.82 Å². The van der Waals surface area contributed by atoms with Crippen molar-refractivity contribution in [3.05, 3.63) is 106 Å². The Kier molecular flexibility index (Phi) is 6.45. The second-order valence-electron chi connectivity index (χ2n) is 7.67. The van der Waals surface area contributed by atoms with Gasteiger partial charge in [-0.05, 0) is 62.4 Å². The van der Waals surface area contributed by atoms with Crippen LogP contribution in [0.3, 0.4) is 0 Å². The van der Waals surface area contributed by atoms with Gasteiger partial charge in [-0.15, -0.1) is 0 Å². The molecule has 0 aliphatic rings. The van der Waals surface area contributed by atoms with Crippen LogP contribution in [0.2, 0.25) is 0 Å². The SMILES string of the molecule is Cc1ccc(Nc2nc(C)cc(Nc3ccc(NC(=O)c4ccc([N+](=O)[O-])cc4)cc3)n2)cc1. The molecule has 4 aromatic rings. The van der Waals surface area contributed by atoms with Crippen LogP contribution in [0.5, 0.6) is 0 Å². The molecule has 0 fully saturated rings. The maximum absolute atomic E-state index is 12.4. The normalized spacial score (nSPS) is 10.4. The van der Waals surface area contributed by atoms with Gasteiger partial charge in [-0.3, -0.25) is 14.9 Å². The van der Waals surface area contributed by atoms with Gasteiger partial charge in [0.05, 0.1) is 4.92 Å². The second-order valence-corrected chi connectivity index (χ2v) is 7.67. The van der Waals surface area contributed by atoms with Crippen LogP contribution in [0, 0.1) is 24.0 Å². The molecule has 0 aliphatic heterocycles. The number of aromatic nitrogens is 2. The number of carbonyl (C=O) groups is 1. The van der Waals surface area contributed by atoms with Crippen molar-refractivity contribution in [3.8, 4) is 0 Å². The van der Waals surface area contributed by atoms with Crippen molar-refractivity contribution < 1.29 is 9.72 Å². The molecule has 0 saturated heterocycles. The van der Waals surface area contributed by atoms with Crippen LogP contribution >= 0.6 is 0 Å². The minimum absolute atomic E-state index is 0.0656. The molecule has 9 heteroatoms. The van der Waals surface area contributed by atoms with Gasteiger partial charge in [0.2, 0.25) is 5.95 Å². The first kappa shape index (κ1) is 22.4. The van der Waals surface area contributed by atoms with Gasteiger partial charge in [0.15, 0.2) is 0 Å². The molecule has 0 unspecified atom stereocenters. The van der Waals surface area contributed by atoms with Crippen molar-refractivity contribution in [3.63, 3.8) is 0 Å². The number of aryl methyl sites for hydroxylation is 2. The number of nitrogens with zero attached hydrogens (tertiary/aromatic N) is 3. The Morgan fingerprint density at radius 3 is 2.03 bits per heavy atom. The summed E-state index contributed by atoms with van der Waals surface area (Å²) in [5.74, 6) is 0.761. The average molecular weight is 454 g/mol. The monoisotopic (exact) mass is 454 g/mol. The van der Waals surface area contributed by atoms with Crippen LogP contribution in [-0.4, -0.2) is 20.8 Å². The summed E-state index contributed by atoms with van der Waals surface area (Å²) in [5, 5.41) is 20.0. The van der Waals surface area contributed by atoms with Gasteiger partial charge >= 0.3 is 0 Å². The van der Waals surface area contributed by atoms with E-state index in [2.05, 4.69) is 25.9 Å². The van der Waals surface area contributed by atoms with E-state index in [9.17, 15) is 14.9 Å². The van der Waals surface area contributed by atoms with Crippen molar-refractivity contribution >= 4 is 40.4 Å². The summed E-state index contributed by atoms with van der Waals surface area (Å²) in [7, 11) is 0. The molecule has 0 saturated carbocycles. The highest BCUT2D eigenvalue weighted by Gasteiger charge is 2.10. The average Bonchev–Trinajstić information content (AvgIpc) is 2.81. The molecule has 0 radical (unpaired) electrons. The van der Waals surface area contributed by atoms with Crippen LogP contribution in [0.4, 0.5) is 34.5 Å². The zero-order chi connectivity index (χ0) is 24.1. The van der Waals surface area contributed by atoms with E-state index >= 15 is 0 Å². The Labute approximate surface area is 196 Å². The van der Waals surface area contributed by atoms with Gasteiger partial charge < -0.3 is 16.0 Å². The fraction of sp³-hybridized carbons (Fsp3) is 0.0800. The second kappa shape index (κ2) is 9.78. The van der Waals surface area contributed by atoms with E-state index in [4.69, 9.17) is 0 Å². The smallest absolute Gasteiger partial charge is 0.269 e. The molecule has 9 nitrogen and oxygen atoms in total.